The maximum absolute atomic E-state index is 13.6. The van der Waals surface area contributed by atoms with Gasteiger partial charge in [-0.2, -0.15) is 0 Å². The van der Waals surface area contributed by atoms with Crippen LogP contribution < -0.4 is 5.73 Å². The van der Waals surface area contributed by atoms with Gasteiger partial charge in [-0.05, 0) is 55.1 Å². The molecule has 0 saturated carbocycles. The van der Waals surface area contributed by atoms with E-state index >= 15 is 0 Å². The highest BCUT2D eigenvalue weighted by Gasteiger charge is 2.23. The van der Waals surface area contributed by atoms with E-state index in [9.17, 15) is 9.18 Å². The highest BCUT2D eigenvalue weighted by Crippen LogP contribution is 2.36. The fourth-order valence-electron chi connectivity index (χ4n) is 4.06. The quantitative estimate of drug-likeness (QED) is 0.470. The van der Waals surface area contributed by atoms with Crippen LogP contribution in [-0.2, 0) is 11.3 Å². The van der Waals surface area contributed by atoms with Crippen LogP contribution in [0.1, 0.15) is 26.2 Å². The Morgan fingerprint density at radius 1 is 1.28 bits per heavy atom. The first kappa shape index (κ1) is 21.1. The maximum Gasteiger partial charge on any atom is 0.219 e. The van der Waals surface area contributed by atoms with Crippen LogP contribution in [0.5, 0.6) is 0 Å². The summed E-state index contributed by atoms with van der Waals surface area (Å²) in [5.74, 6) is 0.747. The van der Waals surface area contributed by atoms with Crippen LogP contribution in [0.15, 0.2) is 34.0 Å². The van der Waals surface area contributed by atoms with Crippen LogP contribution in [0.4, 0.5) is 10.2 Å². The summed E-state index contributed by atoms with van der Waals surface area (Å²) < 4.78 is 17.2. The second kappa shape index (κ2) is 8.62. The summed E-state index contributed by atoms with van der Waals surface area (Å²) in [5.41, 5.74) is 8.11. The average molecular weight is 472 g/mol. The molecule has 166 valence electrons. The number of benzene rings is 1. The summed E-state index contributed by atoms with van der Waals surface area (Å²) in [6, 6.07) is 4.60. The van der Waals surface area contributed by atoms with E-state index in [0.717, 1.165) is 58.6 Å². The molecule has 1 saturated heterocycles. The van der Waals surface area contributed by atoms with Gasteiger partial charge in [0.1, 0.15) is 12.1 Å². The molecule has 4 aromatic rings. The van der Waals surface area contributed by atoms with Gasteiger partial charge in [0.2, 0.25) is 5.91 Å². The minimum atomic E-state index is -0.274. The summed E-state index contributed by atoms with van der Waals surface area (Å²) >= 11 is 2.86. The summed E-state index contributed by atoms with van der Waals surface area (Å²) in [6.07, 6.45) is 4.40. The SMILES string of the molecule is CC(=O)N1CCC(CCn2c(Sc3nc4ccc(F)cc4s3)nc3c(N)ncnc32)CC1. The Morgan fingerprint density at radius 2 is 2.09 bits per heavy atom. The van der Waals surface area contributed by atoms with Crippen molar-refractivity contribution in [2.24, 2.45) is 5.92 Å². The van der Waals surface area contributed by atoms with Crippen molar-refractivity contribution in [3.63, 3.8) is 0 Å². The molecular formula is C21H22FN7OS2. The van der Waals surface area contributed by atoms with E-state index in [4.69, 9.17) is 10.7 Å². The Hall–Kier alpha value is -2.79. The molecule has 8 nitrogen and oxygen atoms in total. The monoisotopic (exact) mass is 471 g/mol. The van der Waals surface area contributed by atoms with Crippen molar-refractivity contribution in [1.29, 1.82) is 0 Å². The summed E-state index contributed by atoms with van der Waals surface area (Å²) in [6.45, 7) is 3.98. The van der Waals surface area contributed by atoms with E-state index < -0.39 is 0 Å². The molecular weight excluding hydrogens is 449 g/mol. The number of piperidine rings is 1. The van der Waals surface area contributed by atoms with Crippen LogP contribution in [0, 0.1) is 11.7 Å². The number of carbonyl (C=O) groups excluding carboxylic acids is 1. The molecule has 1 aliphatic rings. The van der Waals surface area contributed by atoms with Gasteiger partial charge in [0, 0.05) is 26.6 Å². The van der Waals surface area contributed by atoms with Gasteiger partial charge in [-0.1, -0.05) is 0 Å². The number of fused-ring (bicyclic) bond motifs is 2. The van der Waals surface area contributed by atoms with E-state index in [1.54, 1.807) is 13.0 Å². The van der Waals surface area contributed by atoms with Crippen molar-refractivity contribution in [2.75, 3.05) is 18.8 Å². The number of likely N-dealkylation sites (tertiary alicyclic amines) is 1. The summed E-state index contributed by atoms with van der Waals surface area (Å²) in [5, 5.41) is 0.743. The number of anilines is 1. The van der Waals surface area contributed by atoms with Gasteiger partial charge in [0.15, 0.2) is 26.5 Å². The van der Waals surface area contributed by atoms with Crippen molar-refractivity contribution in [3.05, 3.63) is 30.3 Å². The first-order chi connectivity index (χ1) is 15.5. The second-order valence-corrected chi connectivity index (χ2v) is 10.2. The number of aromatic nitrogens is 5. The Morgan fingerprint density at radius 3 is 2.88 bits per heavy atom. The zero-order valence-corrected chi connectivity index (χ0v) is 19.1. The highest BCUT2D eigenvalue weighted by molar-refractivity contribution is 8.01. The number of carbonyl (C=O) groups is 1. The van der Waals surface area contributed by atoms with E-state index in [1.165, 1.54) is 41.6 Å². The largest absolute Gasteiger partial charge is 0.382 e. The molecule has 0 aliphatic carbocycles. The smallest absolute Gasteiger partial charge is 0.219 e. The number of amides is 1. The zero-order chi connectivity index (χ0) is 22.2. The average Bonchev–Trinajstić information content (AvgIpc) is 3.33. The topological polar surface area (TPSA) is 103 Å². The second-order valence-electron chi connectivity index (χ2n) is 7.91. The van der Waals surface area contributed by atoms with E-state index in [-0.39, 0.29) is 11.7 Å². The van der Waals surface area contributed by atoms with E-state index in [0.29, 0.717) is 22.9 Å². The minimum absolute atomic E-state index is 0.144. The molecule has 0 unspecified atom stereocenters. The number of halogens is 1. The molecule has 0 bridgehead atoms. The van der Waals surface area contributed by atoms with Gasteiger partial charge in [0.05, 0.1) is 10.2 Å². The van der Waals surface area contributed by atoms with Gasteiger partial charge in [0.25, 0.3) is 0 Å². The van der Waals surface area contributed by atoms with Crippen LogP contribution >= 0.6 is 23.1 Å². The van der Waals surface area contributed by atoms with Crippen molar-refractivity contribution in [2.45, 2.75) is 42.2 Å². The fourth-order valence-corrected chi connectivity index (χ4v) is 6.17. The molecule has 1 aliphatic heterocycles. The van der Waals surface area contributed by atoms with Gasteiger partial charge in [-0.25, -0.2) is 24.3 Å². The van der Waals surface area contributed by atoms with E-state index in [2.05, 4.69) is 19.5 Å². The van der Waals surface area contributed by atoms with Crippen LogP contribution in [0.2, 0.25) is 0 Å². The molecule has 4 heterocycles. The predicted molar refractivity (Wildman–Crippen MR) is 123 cm³/mol. The molecule has 1 amide bonds. The molecule has 11 heteroatoms. The standard InChI is InChI=1S/C21H22FN7OS2/c1-12(30)28-7-4-13(5-8-28)6-9-29-19-17(18(23)24-11-25-19)27-20(29)32-21-26-15-3-2-14(22)10-16(15)31-21/h2-3,10-11,13H,4-9H2,1H3,(H2,23,24,25). The number of aryl methyl sites for hydroxylation is 1. The number of nitrogens with two attached hydrogens (primary N) is 1. The number of nitrogens with zero attached hydrogens (tertiary/aromatic N) is 6. The van der Waals surface area contributed by atoms with Crippen LogP contribution in [0.3, 0.4) is 0 Å². The van der Waals surface area contributed by atoms with Gasteiger partial charge in [-0.15, -0.1) is 11.3 Å². The Bertz CT molecular complexity index is 1300. The first-order valence-corrected chi connectivity index (χ1v) is 12.1. The predicted octanol–water partition coefficient (Wildman–Crippen LogP) is 3.96. The highest BCUT2D eigenvalue weighted by atomic mass is 32.2. The molecule has 32 heavy (non-hydrogen) atoms. The lowest BCUT2D eigenvalue weighted by Gasteiger charge is -2.31. The lowest BCUT2D eigenvalue weighted by Crippen LogP contribution is -2.37. The minimum Gasteiger partial charge on any atom is -0.382 e. The number of rotatable bonds is 5. The molecule has 0 spiro atoms. The fraction of sp³-hybridized carbons (Fsp3) is 0.381. The number of imidazole rings is 1. The number of nitrogen functional groups attached to an aromatic ring is 1. The third-order valence-corrected chi connectivity index (χ3v) is 7.93. The van der Waals surface area contributed by atoms with Gasteiger partial charge < -0.3 is 15.2 Å². The van der Waals surface area contributed by atoms with Gasteiger partial charge in [-0.3, -0.25) is 4.79 Å². The number of hydrogen-bond acceptors (Lipinski definition) is 8. The lowest BCUT2D eigenvalue weighted by molar-refractivity contribution is -0.130. The van der Waals surface area contributed by atoms with E-state index in [1.807, 2.05) is 4.90 Å². The Kier molecular flexibility index (Phi) is 5.68. The molecule has 0 radical (unpaired) electrons. The van der Waals surface area contributed by atoms with Crippen LogP contribution in [0.25, 0.3) is 21.4 Å². The summed E-state index contributed by atoms with van der Waals surface area (Å²) in [7, 11) is 0. The Labute approximate surface area is 192 Å². The number of thiazole rings is 1. The normalized spacial score (nSPS) is 15.1. The molecule has 1 fully saturated rings. The number of hydrogen-bond donors (Lipinski definition) is 1. The maximum atomic E-state index is 13.6. The molecule has 2 N–H and O–H groups in total. The van der Waals surface area contributed by atoms with Crippen molar-refractivity contribution >= 4 is 56.2 Å². The van der Waals surface area contributed by atoms with Gasteiger partial charge >= 0.3 is 0 Å². The molecule has 1 aromatic carbocycles. The third-order valence-electron chi connectivity index (χ3n) is 5.86. The Balaban J connectivity index is 1.40. The first-order valence-electron chi connectivity index (χ1n) is 10.4. The van der Waals surface area contributed by atoms with Crippen molar-refractivity contribution in [1.82, 2.24) is 29.4 Å². The third kappa shape index (κ3) is 4.14. The molecule has 0 atom stereocenters. The van der Waals surface area contributed by atoms with Crippen molar-refractivity contribution in [3.8, 4) is 0 Å². The summed E-state index contributed by atoms with van der Waals surface area (Å²) in [4.78, 5) is 31.3. The lowest BCUT2D eigenvalue weighted by atomic mass is 9.93. The zero-order valence-electron chi connectivity index (χ0n) is 17.5. The van der Waals surface area contributed by atoms with Crippen molar-refractivity contribution < 1.29 is 9.18 Å². The molecule has 5 rings (SSSR count). The van der Waals surface area contributed by atoms with Crippen LogP contribution in [-0.4, -0.2) is 48.4 Å². The molecule has 3 aromatic heterocycles.